The van der Waals surface area contributed by atoms with Gasteiger partial charge in [-0.05, 0) is 42.9 Å². The van der Waals surface area contributed by atoms with Crippen molar-refractivity contribution in [1.29, 1.82) is 0 Å². The average molecular weight is 393 g/mol. The minimum absolute atomic E-state index is 0.0802. The zero-order chi connectivity index (χ0) is 19.9. The first-order valence-corrected chi connectivity index (χ1v) is 14.6. The van der Waals surface area contributed by atoms with Crippen molar-refractivity contribution in [2.45, 2.75) is 73.6 Å². The minimum atomic E-state index is -2.40. The highest BCUT2D eigenvalue weighted by atomic mass is 28.4. The highest BCUT2D eigenvalue weighted by Gasteiger charge is 2.60. The molecule has 2 aliphatic rings. The molecule has 0 aromatic heterocycles. The third-order valence-corrected chi connectivity index (χ3v) is 13.4. The van der Waals surface area contributed by atoms with Crippen molar-refractivity contribution in [1.82, 2.24) is 0 Å². The van der Waals surface area contributed by atoms with E-state index in [1.807, 2.05) is 6.92 Å². The van der Waals surface area contributed by atoms with Crippen molar-refractivity contribution in [3.8, 4) is 11.5 Å². The largest absolute Gasteiger partial charge is 0.537 e. The third kappa shape index (κ3) is 2.91. The smallest absolute Gasteiger partial charge is 0.336 e. The van der Waals surface area contributed by atoms with Crippen LogP contribution in [0.5, 0.6) is 11.5 Å². The molecule has 3 rings (SSSR count). The van der Waals surface area contributed by atoms with Crippen LogP contribution in [0.4, 0.5) is 0 Å². The summed E-state index contributed by atoms with van der Waals surface area (Å²) in [5, 5.41) is 12.2. The topological polar surface area (TPSA) is 55.8 Å². The van der Waals surface area contributed by atoms with Gasteiger partial charge in [0.25, 0.3) is 16.6 Å². The summed E-state index contributed by atoms with van der Waals surface area (Å²) in [6.45, 7) is 19.6. The van der Waals surface area contributed by atoms with Gasteiger partial charge >= 0.3 is 5.97 Å². The monoisotopic (exact) mass is 392 g/mol. The van der Waals surface area contributed by atoms with Gasteiger partial charge in [-0.25, -0.2) is 4.79 Å². The van der Waals surface area contributed by atoms with Gasteiger partial charge in [-0.15, -0.1) is 0 Å². The molecule has 0 radical (unpaired) electrons. The molecule has 0 aliphatic carbocycles. The van der Waals surface area contributed by atoms with E-state index < -0.39 is 22.6 Å². The maximum atomic E-state index is 12.2. The lowest BCUT2D eigenvalue weighted by atomic mass is 10.0. The van der Waals surface area contributed by atoms with Crippen molar-refractivity contribution in [3.63, 3.8) is 0 Å². The normalized spacial score (nSPS) is 26.7. The van der Waals surface area contributed by atoms with Gasteiger partial charge in [0, 0.05) is 15.9 Å². The molecule has 4 nitrogen and oxygen atoms in total. The van der Waals surface area contributed by atoms with Crippen LogP contribution in [-0.2, 0) is 0 Å². The van der Waals surface area contributed by atoms with Gasteiger partial charge in [-0.3, -0.25) is 0 Å². The Kier molecular flexibility index (Phi) is 4.03. The molecule has 2 atom stereocenters. The zero-order valence-corrected chi connectivity index (χ0v) is 19.6. The maximum Gasteiger partial charge on any atom is 0.336 e. The van der Waals surface area contributed by atoms with Gasteiger partial charge in [0.05, 0.1) is 5.56 Å². The van der Waals surface area contributed by atoms with Crippen molar-refractivity contribution in [3.05, 3.63) is 11.1 Å². The van der Waals surface area contributed by atoms with Crippen LogP contribution in [0, 0.1) is 17.8 Å². The van der Waals surface area contributed by atoms with Crippen LogP contribution in [0.15, 0.2) is 0 Å². The Balaban J connectivity index is 2.28. The van der Waals surface area contributed by atoms with Crippen LogP contribution >= 0.6 is 0 Å². The molecule has 0 saturated carbocycles. The van der Waals surface area contributed by atoms with Crippen LogP contribution in [0.1, 0.15) is 57.5 Å². The molecule has 4 bridgehead atoms. The number of aromatic carboxylic acids is 1. The predicted octanol–water partition coefficient (Wildman–Crippen LogP) is 4.13. The lowest BCUT2D eigenvalue weighted by Crippen LogP contribution is -2.61. The predicted molar refractivity (Wildman–Crippen MR) is 110 cm³/mol. The third-order valence-electron chi connectivity index (χ3n) is 5.31. The lowest BCUT2D eigenvalue weighted by molar-refractivity contribution is 0.0697. The maximum absolute atomic E-state index is 12.2. The highest BCUT2D eigenvalue weighted by molar-refractivity contribution is 7.00. The number of hydrogen-bond acceptors (Lipinski definition) is 3. The summed E-state index contributed by atoms with van der Waals surface area (Å²) in [6.07, 6.45) is 0. The summed E-state index contributed by atoms with van der Waals surface area (Å²) in [6, 6.07) is 1.86. The molecule has 6 heteroatoms. The summed E-state index contributed by atoms with van der Waals surface area (Å²) in [4.78, 5) is 12.2. The Morgan fingerprint density at radius 2 is 1.31 bits per heavy atom. The van der Waals surface area contributed by atoms with E-state index in [0.717, 1.165) is 33.8 Å². The number of benzene rings is 1. The van der Waals surface area contributed by atoms with Crippen molar-refractivity contribution in [2.75, 3.05) is 0 Å². The first-order chi connectivity index (χ1) is 11.6. The van der Waals surface area contributed by atoms with Crippen molar-refractivity contribution < 1.29 is 18.8 Å². The summed E-state index contributed by atoms with van der Waals surface area (Å²) < 4.78 is 13.2. The lowest BCUT2D eigenvalue weighted by Gasteiger charge is -2.33. The quantitative estimate of drug-likeness (QED) is 0.786. The average Bonchev–Trinajstić information content (AvgIpc) is 2.71. The summed E-state index contributed by atoms with van der Waals surface area (Å²) >= 11 is 0. The van der Waals surface area contributed by atoms with E-state index >= 15 is 0 Å². The SMILES string of the molecule is Cc1c2c3c(c(c1C(=O)O)[Si](C)(CC(C)(C)C)O3)[Si](C)(CC(C)(C)C)O2. The molecule has 1 N–H and O–H groups in total. The molecule has 1 aromatic carbocycles. The van der Waals surface area contributed by atoms with Crippen LogP contribution in [0.2, 0.25) is 25.2 Å². The first kappa shape index (κ1) is 19.5. The Hall–Kier alpha value is -1.28. The van der Waals surface area contributed by atoms with Gasteiger partial charge < -0.3 is 14.0 Å². The molecular formula is C20H32O4Si2. The number of hydrogen-bond donors (Lipinski definition) is 1. The molecule has 0 saturated heterocycles. The van der Waals surface area contributed by atoms with E-state index in [2.05, 4.69) is 54.6 Å². The van der Waals surface area contributed by atoms with Crippen LogP contribution < -0.4 is 19.2 Å². The van der Waals surface area contributed by atoms with E-state index in [4.69, 9.17) is 8.85 Å². The van der Waals surface area contributed by atoms with Gasteiger partial charge in [0.15, 0.2) is 0 Å². The standard InChI is InChI=1S/C20H32O4Si2/c1-12-13(18(21)22)16-17-15(24-25(16,8)10-19(2,3)4)14(12)23-26(17,9)11-20(5,6)7/h10-11H2,1-9H3,(H,21,22). The molecule has 0 fully saturated rings. The second kappa shape index (κ2) is 5.38. The number of carboxylic acids is 1. The fourth-order valence-electron chi connectivity index (χ4n) is 5.17. The number of rotatable bonds is 3. The summed E-state index contributed by atoms with van der Waals surface area (Å²) in [7, 11) is -4.70. The Labute approximate surface area is 159 Å². The molecule has 0 amide bonds. The molecule has 2 unspecified atom stereocenters. The second-order valence-electron chi connectivity index (χ2n) is 10.9. The van der Waals surface area contributed by atoms with Crippen LogP contribution in [0.3, 0.4) is 0 Å². The zero-order valence-electron chi connectivity index (χ0n) is 17.6. The molecule has 144 valence electrons. The molecular weight excluding hydrogens is 360 g/mol. The van der Waals surface area contributed by atoms with E-state index in [0.29, 0.717) is 11.3 Å². The van der Waals surface area contributed by atoms with Gasteiger partial charge in [0.2, 0.25) is 0 Å². The van der Waals surface area contributed by atoms with Gasteiger partial charge in [-0.2, -0.15) is 0 Å². The Morgan fingerprint density at radius 3 is 1.73 bits per heavy atom. The van der Waals surface area contributed by atoms with Gasteiger partial charge in [-0.1, -0.05) is 41.5 Å². The van der Waals surface area contributed by atoms with E-state index in [1.54, 1.807) is 0 Å². The second-order valence-corrected chi connectivity index (χ2v) is 17.9. The fraction of sp³-hybridized carbons (Fsp3) is 0.650. The van der Waals surface area contributed by atoms with Crippen LogP contribution in [0.25, 0.3) is 0 Å². The minimum Gasteiger partial charge on any atom is -0.537 e. The van der Waals surface area contributed by atoms with Gasteiger partial charge in [0.1, 0.15) is 11.5 Å². The summed E-state index contributed by atoms with van der Waals surface area (Å²) in [5.41, 5.74) is 1.41. The fourth-order valence-corrected chi connectivity index (χ4v) is 15.7. The van der Waals surface area contributed by atoms with Crippen molar-refractivity contribution in [2.24, 2.45) is 10.8 Å². The molecule has 2 aliphatic heterocycles. The first-order valence-electron chi connectivity index (χ1n) is 9.41. The molecule has 26 heavy (non-hydrogen) atoms. The molecule has 2 heterocycles. The van der Waals surface area contributed by atoms with Crippen LogP contribution in [-0.4, -0.2) is 27.7 Å². The summed E-state index contributed by atoms with van der Waals surface area (Å²) in [5.74, 6) is 0.756. The van der Waals surface area contributed by atoms with E-state index in [1.165, 1.54) is 0 Å². The highest BCUT2D eigenvalue weighted by Crippen LogP contribution is 2.49. The van der Waals surface area contributed by atoms with Crippen molar-refractivity contribution >= 4 is 33.0 Å². The van der Waals surface area contributed by atoms with E-state index in [9.17, 15) is 9.90 Å². The molecule has 0 spiro atoms. The molecule has 1 aromatic rings. The number of carboxylic acid groups (broad SMARTS) is 1. The Morgan fingerprint density at radius 1 is 0.885 bits per heavy atom. The van der Waals surface area contributed by atoms with E-state index in [-0.39, 0.29) is 10.8 Å². The Bertz CT molecular complexity index is 804. The number of carbonyl (C=O) groups is 1.